The Morgan fingerprint density at radius 1 is 1.32 bits per heavy atom. The molecule has 8 heteroatoms. The molecule has 3 rings (SSSR count). The van der Waals surface area contributed by atoms with Gasteiger partial charge in [0.1, 0.15) is 17.3 Å². The molecule has 5 N–H and O–H groups in total. The van der Waals surface area contributed by atoms with E-state index < -0.39 is 6.04 Å². The molecule has 2 aromatic rings. The number of nitriles is 1. The Labute approximate surface area is 200 Å². The fourth-order valence-corrected chi connectivity index (χ4v) is 4.00. The van der Waals surface area contributed by atoms with Gasteiger partial charge in [0.15, 0.2) is 0 Å². The van der Waals surface area contributed by atoms with Crippen molar-refractivity contribution in [3.05, 3.63) is 83.7 Å². The van der Waals surface area contributed by atoms with Crippen LogP contribution in [0.15, 0.2) is 72.6 Å². The number of nitrogens with two attached hydrogens (primary N) is 1. The molecule has 1 aliphatic rings. The summed E-state index contributed by atoms with van der Waals surface area (Å²) in [4.78, 5) is 13.8. The van der Waals surface area contributed by atoms with Gasteiger partial charge in [-0.1, -0.05) is 30.8 Å². The van der Waals surface area contributed by atoms with Crippen molar-refractivity contribution in [3.63, 3.8) is 0 Å². The van der Waals surface area contributed by atoms with Crippen molar-refractivity contribution in [1.29, 1.82) is 10.7 Å². The molecule has 2 unspecified atom stereocenters. The summed E-state index contributed by atoms with van der Waals surface area (Å²) in [7, 11) is 1.75. The highest BCUT2D eigenvalue weighted by Gasteiger charge is 2.25. The maximum Gasteiger partial charge on any atom is 0.246 e. The van der Waals surface area contributed by atoms with Gasteiger partial charge in [-0.05, 0) is 48.7 Å². The Hall–Kier alpha value is -4.09. The van der Waals surface area contributed by atoms with E-state index in [0.717, 1.165) is 12.8 Å². The second-order valence-corrected chi connectivity index (χ2v) is 7.95. The van der Waals surface area contributed by atoms with E-state index in [1.54, 1.807) is 30.1 Å². The zero-order valence-corrected chi connectivity index (χ0v) is 19.3. The number of benzene rings is 2. The van der Waals surface area contributed by atoms with Crippen molar-refractivity contribution in [2.24, 2.45) is 5.73 Å². The molecule has 2 aromatic carbocycles. The predicted octanol–water partition coefficient (Wildman–Crippen LogP) is 3.20. The van der Waals surface area contributed by atoms with Crippen LogP contribution >= 0.6 is 0 Å². The van der Waals surface area contributed by atoms with Crippen molar-refractivity contribution in [3.8, 4) is 17.6 Å². The van der Waals surface area contributed by atoms with Crippen molar-refractivity contribution in [2.75, 3.05) is 20.1 Å². The number of nitrogens with one attached hydrogen (secondary N) is 3. The SMILES string of the molecule is C=CC(=O)N1CCCC(N/C(NC)=C(/C=N)C(N)c2ccc(Oc3ccccc3)cc2C#N)C1. The standard InChI is InChI=1S/C26H30N6O2/c1-3-24(33)32-13-7-8-19(17-32)31-26(30-2)23(16-28)25(29)22-12-11-21(14-18(22)15-27)34-20-9-5-4-6-10-20/h3-6,9-12,14,16,19,25,28,30-31H,1,7-8,13,17,29H2,2H3/b26-23-,28-16?. The minimum absolute atomic E-state index is 0.000615. The lowest BCUT2D eigenvalue weighted by Crippen LogP contribution is -2.49. The molecule has 0 saturated carbocycles. The van der Waals surface area contributed by atoms with E-state index in [0.29, 0.717) is 47.1 Å². The third-order valence-electron chi connectivity index (χ3n) is 5.74. The minimum Gasteiger partial charge on any atom is -0.457 e. The van der Waals surface area contributed by atoms with Crippen LogP contribution < -0.4 is 21.1 Å². The quantitative estimate of drug-likeness (QED) is 0.338. The summed E-state index contributed by atoms with van der Waals surface area (Å²) in [5.41, 5.74) is 8.01. The van der Waals surface area contributed by atoms with E-state index in [1.165, 1.54) is 12.3 Å². The van der Waals surface area contributed by atoms with Crippen molar-refractivity contribution >= 4 is 12.1 Å². The molecule has 1 fully saturated rings. The van der Waals surface area contributed by atoms with Gasteiger partial charge in [-0.3, -0.25) is 4.79 Å². The highest BCUT2D eigenvalue weighted by molar-refractivity contribution is 5.87. The van der Waals surface area contributed by atoms with E-state index in [1.807, 2.05) is 30.3 Å². The first-order valence-electron chi connectivity index (χ1n) is 11.1. The molecule has 1 heterocycles. The van der Waals surface area contributed by atoms with Gasteiger partial charge < -0.3 is 31.4 Å². The van der Waals surface area contributed by atoms with Crippen LogP contribution in [0.1, 0.15) is 30.0 Å². The smallest absolute Gasteiger partial charge is 0.246 e. The van der Waals surface area contributed by atoms with Crippen molar-refractivity contribution in [2.45, 2.75) is 24.9 Å². The number of carbonyl (C=O) groups excluding carboxylic acids is 1. The summed E-state index contributed by atoms with van der Waals surface area (Å²) in [5.74, 6) is 1.69. The number of para-hydroxylation sites is 1. The van der Waals surface area contributed by atoms with E-state index in [4.69, 9.17) is 15.9 Å². The number of piperidine rings is 1. The lowest BCUT2D eigenvalue weighted by molar-refractivity contribution is -0.127. The fourth-order valence-electron chi connectivity index (χ4n) is 4.00. The lowest BCUT2D eigenvalue weighted by Gasteiger charge is -2.34. The first kappa shape index (κ1) is 24.6. The molecule has 1 aliphatic heterocycles. The topological polar surface area (TPSA) is 127 Å². The number of ether oxygens (including phenoxy) is 1. The average molecular weight is 459 g/mol. The number of amides is 1. The number of likely N-dealkylation sites (tertiary alicyclic amines) is 1. The van der Waals surface area contributed by atoms with Gasteiger partial charge in [0.05, 0.1) is 17.7 Å². The van der Waals surface area contributed by atoms with Crippen LogP contribution in [-0.4, -0.2) is 43.2 Å². The summed E-state index contributed by atoms with van der Waals surface area (Å²) < 4.78 is 5.84. The summed E-state index contributed by atoms with van der Waals surface area (Å²) in [6.45, 7) is 4.80. The largest absolute Gasteiger partial charge is 0.457 e. The number of carbonyl (C=O) groups is 1. The second kappa shape index (κ2) is 11.7. The maximum absolute atomic E-state index is 12.0. The molecule has 0 aromatic heterocycles. The second-order valence-electron chi connectivity index (χ2n) is 7.95. The van der Waals surface area contributed by atoms with Crippen molar-refractivity contribution in [1.82, 2.24) is 15.5 Å². The maximum atomic E-state index is 12.0. The zero-order chi connectivity index (χ0) is 24.5. The normalized spacial score (nSPS) is 17.0. The van der Waals surface area contributed by atoms with Crippen LogP contribution in [0, 0.1) is 16.7 Å². The summed E-state index contributed by atoms with van der Waals surface area (Å²) in [6.07, 6.45) is 4.25. The van der Waals surface area contributed by atoms with Crippen LogP contribution in [0.25, 0.3) is 0 Å². The van der Waals surface area contributed by atoms with Crippen LogP contribution in [0.2, 0.25) is 0 Å². The molecular formula is C26H30N6O2. The Balaban J connectivity index is 1.84. The monoisotopic (exact) mass is 458 g/mol. The van der Waals surface area contributed by atoms with Gasteiger partial charge in [-0.2, -0.15) is 5.26 Å². The molecule has 0 aliphatic carbocycles. The molecule has 8 nitrogen and oxygen atoms in total. The Morgan fingerprint density at radius 2 is 2.09 bits per heavy atom. The van der Waals surface area contributed by atoms with Crippen LogP contribution in [0.5, 0.6) is 11.5 Å². The summed E-state index contributed by atoms with van der Waals surface area (Å²) >= 11 is 0. The molecule has 0 spiro atoms. The molecule has 0 radical (unpaired) electrons. The molecule has 1 saturated heterocycles. The highest BCUT2D eigenvalue weighted by atomic mass is 16.5. The molecule has 176 valence electrons. The van der Waals surface area contributed by atoms with Gasteiger partial charge in [0, 0.05) is 38.0 Å². The first-order valence-corrected chi connectivity index (χ1v) is 11.1. The Bertz CT molecular complexity index is 1110. The molecule has 0 bridgehead atoms. The number of nitrogens with zero attached hydrogens (tertiary/aromatic N) is 2. The van der Waals surface area contributed by atoms with Gasteiger partial charge in [0.2, 0.25) is 5.91 Å². The number of hydrogen-bond donors (Lipinski definition) is 4. The number of hydrogen-bond acceptors (Lipinski definition) is 7. The van der Waals surface area contributed by atoms with Crippen LogP contribution in [0.3, 0.4) is 0 Å². The van der Waals surface area contributed by atoms with Gasteiger partial charge >= 0.3 is 0 Å². The highest BCUT2D eigenvalue weighted by Crippen LogP contribution is 2.29. The third kappa shape index (κ3) is 5.82. The Kier molecular flexibility index (Phi) is 8.43. The van der Waals surface area contributed by atoms with Gasteiger partial charge in [0.25, 0.3) is 0 Å². The van der Waals surface area contributed by atoms with E-state index >= 15 is 0 Å². The molecule has 34 heavy (non-hydrogen) atoms. The van der Waals surface area contributed by atoms with E-state index in [-0.39, 0.29) is 11.9 Å². The summed E-state index contributed by atoms with van der Waals surface area (Å²) in [6, 6.07) is 15.9. The van der Waals surface area contributed by atoms with E-state index in [2.05, 4.69) is 23.3 Å². The third-order valence-corrected chi connectivity index (χ3v) is 5.74. The summed E-state index contributed by atoms with van der Waals surface area (Å²) in [5, 5.41) is 24.3. The predicted molar refractivity (Wildman–Crippen MR) is 132 cm³/mol. The zero-order valence-electron chi connectivity index (χ0n) is 19.3. The minimum atomic E-state index is -0.720. The molecule has 2 atom stereocenters. The van der Waals surface area contributed by atoms with Crippen LogP contribution in [0.4, 0.5) is 0 Å². The van der Waals surface area contributed by atoms with Gasteiger partial charge in [-0.15, -0.1) is 0 Å². The first-order chi connectivity index (χ1) is 16.5. The van der Waals surface area contributed by atoms with Gasteiger partial charge in [-0.25, -0.2) is 0 Å². The molecule has 1 amide bonds. The fraction of sp³-hybridized carbons (Fsp3) is 0.269. The lowest BCUT2D eigenvalue weighted by atomic mass is 9.95. The van der Waals surface area contributed by atoms with Crippen molar-refractivity contribution < 1.29 is 9.53 Å². The number of rotatable bonds is 9. The average Bonchev–Trinajstić information content (AvgIpc) is 2.88. The van der Waals surface area contributed by atoms with Crippen LogP contribution in [-0.2, 0) is 4.79 Å². The van der Waals surface area contributed by atoms with E-state index in [9.17, 15) is 10.1 Å². The Morgan fingerprint density at radius 3 is 2.74 bits per heavy atom. The molecular weight excluding hydrogens is 428 g/mol.